The minimum atomic E-state index is -1.94. The summed E-state index contributed by atoms with van der Waals surface area (Å²) in [6.07, 6.45) is 2.09. The van der Waals surface area contributed by atoms with E-state index >= 15 is 0 Å². The van der Waals surface area contributed by atoms with Crippen molar-refractivity contribution in [3.8, 4) is 0 Å². The van der Waals surface area contributed by atoms with Crippen LogP contribution >= 0.6 is 0 Å². The molecule has 0 spiro atoms. The van der Waals surface area contributed by atoms with Gasteiger partial charge in [0.25, 0.3) is 0 Å². The molecule has 0 aliphatic rings. The SMILES string of the molecule is CCCO[Si](C)(CCOC)OCCC. The Kier molecular flexibility index (Phi) is 8.47. The van der Waals surface area contributed by atoms with E-state index in [1.54, 1.807) is 7.11 Å². The van der Waals surface area contributed by atoms with Gasteiger partial charge >= 0.3 is 8.56 Å². The zero-order chi connectivity index (χ0) is 10.9. The molecule has 14 heavy (non-hydrogen) atoms. The van der Waals surface area contributed by atoms with Crippen molar-refractivity contribution >= 4 is 8.56 Å². The number of methoxy groups -OCH3 is 1. The average Bonchev–Trinajstić information content (AvgIpc) is 2.21. The van der Waals surface area contributed by atoms with Crippen LogP contribution in [0.5, 0.6) is 0 Å². The van der Waals surface area contributed by atoms with Crippen LogP contribution in [-0.4, -0.2) is 35.5 Å². The van der Waals surface area contributed by atoms with E-state index in [-0.39, 0.29) is 0 Å². The molecule has 0 saturated heterocycles. The molecule has 0 aliphatic heterocycles. The summed E-state index contributed by atoms with van der Waals surface area (Å²) < 4.78 is 16.7. The Labute approximate surface area is 89.0 Å². The van der Waals surface area contributed by atoms with Gasteiger partial charge in [-0.1, -0.05) is 13.8 Å². The van der Waals surface area contributed by atoms with Gasteiger partial charge in [0.2, 0.25) is 0 Å². The molecule has 0 rings (SSSR count). The van der Waals surface area contributed by atoms with Crippen LogP contribution in [0.3, 0.4) is 0 Å². The highest BCUT2D eigenvalue weighted by Gasteiger charge is 2.30. The zero-order valence-electron chi connectivity index (χ0n) is 9.97. The summed E-state index contributed by atoms with van der Waals surface area (Å²) in [5, 5.41) is 0. The van der Waals surface area contributed by atoms with Gasteiger partial charge in [0, 0.05) is 33.0 Å². The molecule has 0 aliphatic carbocycles. The third kappa shape index (κ3) is 6.54. The Balaban J connectivity index is 3.89. The molecule has 0 aromatic carbocycles. The molecule has 0 heterocycles. The van der Waals surface area contributed by atoms with Crippen molar-refractivity contribution in [2.24, 2.45) is 0 Å². The number of rotatable bonds is 9. The van der Waals surface area contributed by atoms with Crippen molar-refractivity contribution in [3.05, 3.63) is 0 Å². The maximum absolute atomic E-state index is 5.82. The third-order valence-corrected chi connectivity index (χ3v) is 4.73. The molecule has 0 amide bonds. The van der Waals surface area contributed by atoms with Gasteiger partial charge < -0.3 is 13.6 Å². The van der Waals surface area contributed by atoms with Crippen molar-refractivity contribution < 1.29 is 13.6 Å². The predicted molar refractivity (Wildman–Crippen MR) is 60.8 cm³/mol. The average molecular weight is 220 g/mol. The molecule has 0 N–H and O–H groups in total. The van der Waals surface area contributed by atoms with Gasteiger partial charge in [-0.2, -0.15) is 0 Å². The largest absolute Gasteiger partial charge is 0.394 e. The van der Waals surface area contributed by atoms with Gasteiger partial charge in [-0.15, -0.1) is 0 Å². The lowest BCUT2D eigenvalue weighted by Gasteiger charge is -2.26. The fourth-order valence-corrected chi connectivity index (χ4v) is 3.33. The molecule has 0 aromatic rings. The lowest BCUT2D eigenvalue weighted by Crippen LogP contribution is -2.40. The summed E-state index contributed by atoms with van der Waals surface area (Å²) in [6, 6.07) is 0.920. The van der Waals surface area contributed by atoms with Gasteiger partial charge in [-0.25, -0.2) is 0 Å². The van der Waals surface area contributed by atoms with Gasteiger partial charge in [-0.3, -0.25) is 0 Å². The number of hydrogen-bond donors (Lipinski definition) is 0. The van der Waals surface area contributed by atoms with E-state index in [2.05, 4.69) is 20.4 Å². The normalized spacial score (nSPS) is 12.0. The first kappa shape index (κ1) is 14.1. The summed E-state index contributed by atoms with van der Waals surface area (Å²) in [7, 11) is -0.221. The zero-order valence-corrected chi connectivity index (χ0v) is 11.0. The third-order valence-electron chi connectivity index (χ3n) is 1.98. The fraction of sp³-hybridized carbons (Fsp3) is 1.00. The molecule has 3 nitrogen and oxygen atoms in total. The highest BCUT2D eigenvalue weighted by Crippen LogP contribution is 2.14. The van der Waals surface area contributed by atoms with E-state index in [4.69, 9.17) is 13.6 Å². The summed E-state index contributed by atoms with van der Waals surface area (Å²) >= 11 is 0. The van der Waals surface area contributed by atoms with Crippen LogP contribution < -0.4 is 0 Å². The first-order chi connectivity index (χ1) is 6.68. The molecule has 4 heteroatoms. The molecule has 0 saturated carbocycles. The topological polar surface area (TPSA) is 27.7 Å². The summed E-state index contributed by atoms with van der Waals surface area (Å²) in [5.41, 5.74) is 0. The minimum absolute atomic E-state index is 0.732. The molecule has 0 aromatic heterocycles. The van der Waals surface area contributed by atoms with E-state index in [1.807, 2.05) is 0 Å². The van der Waals surface area contributed by atoms with Crippen molar-refractivity contribution in [1.82, 2.24) is 0 Å². The molecule has 0 radical (unpaired) electrons. The van der Waals surface area contributed by atoms with Crippen LogP contribution in [0.4, 0.5) is 0 Å². The molecular weight excluding hydrogens is 196 g/mol. The Morgan fingerprint density at radius 2 is 1.43 bits per heavy atom. The molecular formula is C10H24O3Si. The Bertz CT molecular complexity index is 109. The Hall–Kier alpha value is 0.0969. The molecule has 86 valence electrons. The van der Waals surface area contributed by atoms with Crippen LogP contribution in [0.15, 0.2) is 0 Å². The van der Waals surface area contributed by atoms with Crippen LogP contribution in [0.1, 0.15) is 26.7 Å². The van der Waals surface area contributed by atoms with Crippen molar-refractivity contribution in [2.45, 2.75) is 39.3 Å². The standard InChI is InChI=1S/C10H24O3Si/c1-5-7-12-14(4,10-9-11-3)13-8-6-2/h5-10H2,1-4H3. The van der Waals surface area contributed by atoms with E-state index < -0.39 is 8.56 Å². The smallest absolute Gasteiger partial charge is 0.337 e. The van der Waals surface area contributed by atoms with Gasteiger partial charge in [0.1, 0.15) is 0 Å². The molecule has 0 fully saturated rings. The maximum Gasteiger partial charge on any atom is 0.337 e. The van der Waals surface area contributed by atoms with Crippen molar-refractivity contribution in [3.63, 3.8) is 0 Å². The Morgan fingerprint density at radius 1 is 0.929 bits per heavy atom. The van der Waals surface area contributed by atoms with Crippen LogP contribution in [0.25, 0.3) is 0 Å². The second kappa shape index (κ2) is 8.41. The predicted octanol–water partition coefficient (Wildman–Crippen LogP) is 2.56. The first-order valence-corrected chi connectivity index (χ1v) is 7.97. The Morgan fingerprint density at radius 3 is 1.79 bits per heavy atom. The van der Waals surface area contributed by atoms with Crippen LogP contribution in [0.2, 0.25) is 12.6 Å². The quantitative estimate of drug-likeness (QED) is 0.559. The second-order valence-electron chi connectivity index (χ2n) is 3.57. The summed E-state index contributed by atoms with van der Waals surface area (Å²) in [5.74, 6) is 0. The van der Waals surface area contributed by atoms with Gasteiger partial charge in [0.15, 0.2) is 0 Å². The molecule has 0 unspecified atom stereocenters. The van der Waals surface area contributed by atoms with Crippen LogP contribution in [-0.2, 0) is 13.6 Å². The van der Waals surface area contributed by atoms with Crippen molar-refractivity contribution in [2.75, 3.05) is 26.9 Å². The highest BCUT2D eigenvalue weighted by atomic mass is 28.4. The van der Waals surface area contributed by atoms with Gasteiger partial charge in [0.05, 0.1) is 0 Å². The lowest BCUT2D eigenvalue weighted by atomic mass is 10.5. The van der Waals surface area contributed by atoms with E-state index in [0.29, 0.717) is 0 Å². The van der Waals surface area contributed by atoms with E-state index in [0.717, 1.165) is 38.7 Å². The van der Waals surface area contributed by atoms with E-state index in [1.165, 1.54) is 0 Å². The number of hydrogen-bond acceptors (Lipinski definition) is 3. The summed E-state index contributed by atoms with van der Waals surface area (Å²) in [4.78, 5) is 0. The first-order valence-electron chi connectivity index (χ1n) is 5.45. The van der Waals surface area contributed by atoms with E-state index in [9.17, 15) is 0 Å². The van der Waals surface area contributed by atoms with Crippen molar-refractivity contribution in [1.29, 1.82) is 0 Å². The fourth-order valence-electron chi connectivity index (χ4n) is 1.11. The molecule has 0 bridgehead atoms. The number of ether oxygens (including phenoxy) is 1. The minimum Gasteiger partial charge on any atom is -0.394 e. The monoisotopic (exact) mass is 220 g/mol. The second-order valence-corrected chi connectivity index (χ2v) is 6.92. The summed E-state index contributed by atoms with van der Waals surface area (Å²) in [6.45, 7) is 8.69. The maximum atomic E-state index is 5.82. The highest BCUT2D eigenvalue weighted by molar-refractivity contribution is 6.66. The lowest BCUT2D eigenvalue weighted by molar-refractivity contribution is 0.153. The molecule has 0 atom stereocenters. The van der Waals surface area contributed by atoms with Gasteiger partial charge in [-0.05, 0) is 19.4 Å². The van der Waals surface area contributed by atoms with Crippen LogP contribution in [0, 0.1) is 0 Å².